The van der Waals surface area contributed by atoms with Crippen molar-refractivity contribution in [2.45, 2.75) is 45.1 Å². The molecule has 1 aliphatic rings. The van der Waals surface area contributed by atoms with Gasteiger partial charge in [-0.15, -0.1) is 0 Å². The molecule has 3 rings (SSSR count). The molecule has 1 saturated carbocycles. The fourth-order valence-corrected chi connectivity index (χ4v) is 3.74. The second kappa shape index (κ2) is 10.1. The molecule has 0 radical (unpaired) electrons. The Labute approximate surface area is 162 Å². The van der Waals surface area contributed by atoms with Gasteiger partial charge in [0.2, 0.25) is 5.91 Å². The average molecular weight is 367 g/mol. The van der Waals surface area contributed by atoms with Gasteiger partial charge in [-0.1, -0.05) is 61.7 Å². The fourth-order valence-electron chi connectivity index (χ4n) is 3.74. The van der Waals surface area contributed by atoms with Crippen LogP contribution < -0.4 is 15.4 Å². The summed E-state index contributed by atoms with van der Waals surface area (Å²) in [6, 6.07) is 17.2. The number of hydrogen-bond acceptors (Lipinski definition) is 3. The third-order valence-electron chi connectivity index (χ3n) is 5.18. The van der Waals surface area contributed by atoms with Crippen molar-refractivity contribution in [3.05, 3.63) is 60.2 Å². The summed E-state index contributed by atoms with van der Waals surface area (Å²) in [7, 11) is 0. The number of carbonyl (C=O) groups is 1. The smallest absolute Gasteiger partial charge is 0.246 e. The first kappa shape index (κ1) is 19.4. The summed E-state index contributed by atoms with van der Waals surface area (Å²) >= 11 is 0. The average Bonchev–Trinajstić information content (AvgIpc) is 2.71. The number of hydrogen-bond donors (Lipinski definition) is 2. The first-order valence-corrected chi connectivity index (χ1v) is 10.1. The predicted molar refractivity (Wildman–Crippen MR) is 110 cm³/mol. The minimum atomic E-state index is -0.372. The lowest BCUT2D eigenvalue weighted by Crippen LogP contribution is -2.36. The standard InChI is InChI=1S/C23H30N2O2/c1-2-27-21-16-10-9-15-20(21)25-23(26)22(19-13-7-4-8-14-19)24-17-18-11-5-3-6-12-18/h4,7-10,13-16,18,22,24H,2-3,5-6,11-12,17H2,1H3,(H,25,26)/t22-/m0/s1. The van der Waals surface area contributed by atoms with E-state index in [-0.39, 0.29) is 11.9 Å². The highest BCUT2D eigenvalue weighted by Gasteiger charge is 2.23. The van der Waals surface area contributed by atoms with Crippen molar-refractivity contribution >= 4 is 11.6 Å². The molecule has 0 aliphatic heterocycles. The summed E-state index contributed by atoms with van der Waals surface area (Å²) in [4.78, 5) is 13.1. The van der Waals surface area contributed by atoms with Crippen LogP contribution in [0, 0.1) is 5.92 Å². The molecule has 2 aromatic carbocycles. The molecule has 27 heavy (non-hydrogen) atoms. The van der Waals surface area contributed by atoms with E-state index in [9.17, 15) is 4.79 Å². The maximum Gasteiger partial charge on any atom is 0.246 e. The van der Waals surface area contributed by atoms with Crippen LogP contribution in [0.2, 0.25) is 0 Å². The third kappa shape index (κ3) is 5.57. The van der Waals surface area contributed by atoms with E-state index in [0.717, 1.165) is 12.1 Å². The van der Waals surface area contributed by atoms with Gasteiger partial charge in [-0.25, -0.2) is 0 Å². The Morgan fingerprint density at radius 1 is 1.04 bits per heavy atom. The van der Waals surface area contributed by atoms with Gasteiger partial charge in [-0.05, 0) is 49.9 Å². The SMILES string of the molecule is CCOc1ccccc1NC(=O)[C@@H](NCC1CCCCC1)c1ccccc1. The molecule has 1 fully saturated rings. The quantitative estimate of drug-likeness (QED) is 0.696. The Bertz CT molecular complexity index is 711. The number of benzene rings is 2. The summed E-state index contributed by atoms with van der Waals surface area (Å²) in [5.74, 6) is 1.31. The molecule has 2 aromatic rings. The van der Waals surface area contributed by atoms with Crippen molar-refractivity contribution in [3.8, 4) is 5.75 Å². The van der Waals surface area contributed by atoms with Gasteiger partial charge >= 0.3 is 0 Å². The van der Waals surface area contributed by atoms with Gasteiger partial charge in [0.05, 0.1) is 12.3 Å². The largest absolute Gasteiger partial charge is 0.492 e. The van der Waals surface area contributed by atoms with Gasteiger partial charge in [0, 0.05) is 0 Å². The first-order valence-electron chi connectivity index (χ1n) is 10.1. The third-order valence-corrected chi connectivity index (χ3v) is 5.18. The molecule has 144 valence electrons. The van der Waals surface area contributed by atoms with Crippen LogP contribution in [-0.4, -0.2) is 19.1 Å². The molecular formula is C23H30N2O2. The van der Waals surface area contributed by atoms with Crippen molar-refractivity contribution in [1.29, 1.82) is 0 Å². The monoisotopic (exact) mass is 366 g/mol. The summed E-state index contributed by atoms with van der Waals surface area (Å²) in [6.45, 7) is 3.38. The van der Waals surface area contributed by atoms with Crippen molar-refractivity contribution in [3.63, 3.8) is 0 Å². The van der Waals surface area contributed by atoms with Crippen LogP contribution >= 0.6 is 0 Å². The first-order chi connectivity index (χ1) is 13.3. The number of anilines is 1. The Hall–Kier alpha value is -2.33. The molecule has 2 N–H and O–H groups in total. The molecule has 0 aromatic heterocycles. The maximum absolute atomic E-state index is 13.1. The highest BCUT2D eigenvalue weighted by molar-refractivity contribution is 5.96. The van der Waals surface area contributed by atoms with E-state index < -0.39 is 0 Å². The maximum atomic E-state index is 13.1. The molecule has 0 unspecified atom stereocenters. The van der Waals surface area contributed by atoms with Crippen LogP contribution in [0.25, 0.3) is 0 Å². The van der Waals surface area contributed by atoms with Gasteiger partial charge in [-0.3, -0.25) is 4.79 Å². The lowest BCUT2D eigenvalue weighted by atomic mass is 9.89. The van der Waals surface area contributed by atoms with E-state index in [1.54, 1.807) is 0 Å². The van der Waals surface area contributed by atoms with Crippen LogP contribution in [0.15, 0.2) is 54.6 Å². The number of para-hydroxylation sites is 2. The molecule has 4 heteroatoms. The number of carbonyl (C=O) groups excluding carboxylic acids is 1. The van der Waals surface area contributed by atoms with Crippen LogP contribution in [0.4, 0.5) is 5.69 Å². The van der Waals surface area contributed by atoms with E-state index in [1.807, 2.05) is 61.5 Å². The summed E-state index contributed by atoms with van der Waals surface area (Å²) in [5.41, 5.74) is 1.70. The van der Waals surface area contributed by atoms with Crippen molar-refractivity contribution in [2.24, 2.45) is 5.92 Å². The summed E-state index contributed by atoms with van der Waals surface area (Å²) in [6.07, 6.45) is 6.45. The Balaban J connectivity index is 1.72. The van der Waals surface area contributed by atoms with Crippen molar-refractivity contribution in [2.75, 3.05) is 18.5 Å². The second-order valence-electron chi connectivity index (χ2n) is 7.17. The molecule has 4 nitrogen and oxygen atoms in total. The van der Waals surface area contributed by atoms with E-state index in [2.05, 4.69) is 10.6 Å². The molecule has 0 saturated heterocycles. The number of ether oxygens (including phenoxy) is 1. The van der Waals surface area contributed by atoms with E-state index in [0.29, 0.717) is 24.0 Å². The highest BCUT2D eigenvalue weighted by Crippen LogP contribution is 2.27. The van der Waals surface area contributed by atoms with Gasteiger partial charge in [0.25, 0.3) is 0 Å². The number of amides is 1. The molecule has 0 spiro atoms. The van der Waals surface area contributed by atoms with Crippen molar-refractivity contribution < 1.29 is 9.53 Å². The highest BCUT2D eigenvalue weighted by atomic mass is 16.5. The van der Waals surface area contributed by atoms with Gasteiger partial charge in [-0.2, -0.15) is 0 Å². The van der Waals surface area contributed by atoms with Gasteiger partial charge in [0.15, 0.2) is 0 Å². The van der Waals surface area contributed by atoms with Crippen LogP contribution in [-0.2, 0) is 4.79 Å². The zero-order valence-electron chi connectivity index (χ0n) is 16.1. The van der Waals surface area contributed by atoms with Crippen LogP contribution in [0.5, 0.6) is 5.75 Å². The molecule has 1 atom stereocenters. The zero-order chi connectivity index (χ0) is 18.9. The second-order valence-corrected chi connectivity index (χ2v) is 7.17. The minimum Gasteiger partial charge on any atom is -0.492 e. The molecule has 1 aliphatic carbocycles. The topological polar surface area (TPSA) is 50.4 Å². The number of rotatable bonds is 8. The minimum absolute atomic E-state index is 0.0517. The van der Waals surface area contributed by atoms with Gasteiger partial charge in [0.1, 0.15) is 11.8 Å². The van der Waals surface area contributed by atoms with E-state index in [1.165, 1.54) is 32.1 Å². The summed E-state index contributed by atoms with van der Waals surface area (Å²) < 4.78 is 5.64. The lowest BCUT2D eigenvalue weighted by molar-refractivity contribution is -0.118. The number of nitrogens with one attached hydrogen (secondary N) is 2. The normalized spacial score (nSPS) is 15.9. The Morgan fingerprint density at radius 3 is 2.48 bits per heavy atom. The summed E-state index contributed by atoms with van der Waals surface area (Å²) in [5, 5.41) is 6.58. The molecule has 0 heterocycles. The van der Waals surface area contributed by atoms with E-state index in [4.69, 9.17) is 4.74 Å². The molecule has 1 amide bonds. The van der Waals surface area contributed by atoms with Crippen LogP contribution in [0.3, 0.4) is 0 Å². The lowest BCUT2D eigenvalue weighted by Gasteiger charge is -2.25. The fraction of sp³-hybridized carbons (Fsp3) is 0.435. The van der Waals surface area contributed by atoms with E-state index >= 15 is 0 Å². The Morgan fingerprint density at radius 2 is 1.74 bits per heavy atom. The van der Waals surface area contributed by atoms with Crippen LogP contribution in [0.1, 0.15) is 50.6 Å². The molecule has 0 bridgehead atoms. The Kier molecular flexibility index (Phi) is 7.28. The van der Waals surface area contributed by atoms with Crippen molar-refractivity contribution in [1.82, 2.24) is 5.32 Å². The zero-order valence-corrected chi connectivity index (χ0v) is 16.1. The van der Waals surface area contributed by atoms with Gasteiger partial charge < -0.3 is 15.4 Å². The molecular weight excluding hydrogens is 336 g/mol. The predicted octanol–water partition coefficient (Wildman–Crippen LogP) is 4.94.